The van der Waals surface area contributed by atoms with Crippen LogP contribution in [0.15, 0.2) is 54.3 Å². The summed E-state index contributed by atoms with van der Waals surface area (Å²) in [4.78, 5) is 26.8. The molecule has 0 spiro atoms. The minimum atomic E-state index is -0.295. The smallest absolute Gasteiger partial charge is 0.354 e. The maximum absolute atomic E-state index is 12.4. The average Bonchev–Trinajstić information content (AvgIpc) is 2.64. The highest BCUT2D eigenvalue weighted by molar-refractivity contribution is 14.1. The lowest BCUT2D eigenvalue weighted by Gasteiger charge is -2.52. The van der Waals surface area contributed by atoms with Crippen LogP contribution in [0.5, 0.6) is 0 Å². The molecule has 5 nitrogen and oxygen atoms in total. The number of hydrogen-bond acceptors (Lipinski definition) is 5. The predicted octanol–water partition coefficient (Wildman–Crippen LogP) is 2.52. The van der Waals surface area contributed by atoms with Gasteiger partial charge >= 0.3 is 5.97 Å². The number of alkyl halides is 1. The van der Waals surface area contributed by atoms with E-state index in [2.05, 4.69) is 39.4 Å². The number of nitrogens with one attached hydrogen (secondary N) is 1. The minimum absolute atomic E-state index is 0.0147. The number of nitrogens with zero attached hydrogens (tertiary/aromatic N) is 1. The van der Waals surface area contributed by atoms with Crippen molar-refractivity contribution in [1.29, 1.82) is 0 Å². The molecule has 3 rings (SSSR count). The maximum atomic E-state index is 12.4. The molecule has 0 aromatic heterocycles. The van der Waals surface area contributed by atoms with E-state index >= 15 is 0 Å². The standard InChI is InChI=1S/C19H21IN2O3S/c1-2-8-25-19(24)17-14(10-20)12-26-18-15(11-22(17)18)21-16(23)9-13-6-4-3-5-7-13/h2-7,15,18H,1,8-12H2,(H,21,23). The molecule has 0 bridgehead atoms. The van der Waals surface area contributed by atoms with Gasteiger partial charge in [0.15, 0.2) is 0 Å². The molecule has 138 valence electrons. The number of carbonyl (C=O) groups is 2. The van der Waals surface area contributed by atoms with Crippen molar-refractivity contribution in [3.8, 4) is 0 Å². The molecule has 2 heterocycles. The van der Waals surface area contributed by atoms with Crippen molar-refractivity contribution in [1.82, 2.24) is 10.2 Å². The number of halogens is 1. The molecule has 2 atom stereocenters. The molecule has 1 amide bonds. The van der Waals surface area contributed by atoms with E-state index in [4.69, 9.17) is 4.74 Å². The van der Waals surface area contributed by atoms with Crippen LogP contribution in [-0.2, 0) is 20.7 Å². The fraction of sp³-hybridized carbons (Fsp3) is 0.368. The van der Waals surface area contributed by atoms with Gasteiger partial charge in [-0.25, -0.2) is 4.79 Å². The van der Waals surface area contributed by atoms with Crippen LogP contribution in [0.25, 0.3) is 0 Å². The van der Waals surface area contributed by atoms with Crippen LogP contribution in [0.2, 0.25) is 0 Å². The number of hydrogen-bond donors (Lipinski definition) is 1. The van der Waals surface area contributed by atoms with Crippen LogP contribution in [0, 0.1) is 0 Å². The van der Waals surface area contributed by atoms with Gasteiger partial charge in [0.1, 0.15) is 12.3 Å². The van der Waals surface area contributed by atoms with Gasteiger partial charge in [0, 0.05) is 16.7 Å². The molecule has 7 heteroatoms. The predicted molar refractivity (Wildman–Crippen MR) is 112 cm³/mol. The van der Waals surface area contributed by atoms with Crippen molar-refractivity contribution in [3.05, 3.63) is 59.8 Å². The maximum Gasteiger partial charge on any atom is 0.354 e. The van der Waals surface area contributed by atoms with Gasteiger partial charge in [-0.15, -0.1) is 11.8 Å². The van der Waals surface area contributed by atoms with E-state index in [-0.39, 0.29) is 29.9 Å². The molecular formula is C19H21IN2O3S. The van der Waals surface area contributed by atoms with Gasteiger partial charge in [-0.05, 0) is 11.1 Å². The Morgan fingerprint density at radius 3 is 2.85 bits per heavy atom. The van der Waals surface area contributed by atoms with Crippen molar-refractivity contribution in [2.45, 2.75) is 17.8 Å². The van der Waals surface area contributed by atoms with E-state index in [9.17, 15) is 9.59 Å². The normalized spacial score (nSPS) is 21.5. The van der Waals surface area contributed by atoms with Crippen LogP contribution in [0.4, 0.5) is 0 Å². The molecule has 1 saturated heterocycles. The first-order valence-electron chi connectivity index (χ1n) is 8.41. The van der Waals surface area contributed by atoms with Crippen molar-refractivity contribution in [2.75, 3.05) is 23.3 Å². The second-order valence-corrected chi connectivity index (χ2v) is 8.03. The Bertz CT molecular complexity index is 723. The SMILES string of the molecule is C=CCOC(=O)C1=C(CI)CSC2C(NC(=O)Cc3ccccc3)CN12. The first-order valence-corrected chi connectivity index (χ1v) is 11.0. The zero-order valence-corrected chi connectivity index (χ0v) is 17.3. The summed E-state index contributed by atoms with van der Waals surface area (Å²) in [6.07, 6.45) is 1.94. The first kappa shape index (κ1) is 19.3. The Kier molecular flexibility index (Phi) is 6.63. The summed E-state index contributed by atoms with van der Waals surface area (Å²) in [5, 5.41) is 3.20. The van der Waals surface area contributed by atoms with Gasteiger partial charge in [-0.1, -0.05) is 65.6 Å². The van der Waals surface area contributed by atoms with Crippen LogP contribution >= 0.6 is 34.4 Å². The first-order chi connectivity index (χ1) is 12.6. The van der Waals surface area contributed by atoms with E-state index in [0.717, 1.165) is 21.3 Å². The third-order valence-electron chi connectivity index (χ3n) is 4.34. The van der Waals surface area contributed by atoms with Crippen LogP contribution < -0.4 is 5.32 Å². The Balaban J connectivity index is 1.61. The van der Waals surface area contributed by atoms with Gasteiger partial charge in [0.25, 0.3) is 0 Å². The second kappa shape index (κ2) is 8.94. The van der Waals surface area contributed by atoms with Gasteiger partial charge in [0.2, 0.25) is 5.91 Å². The van der Waals surface area contributed by atoms with Crippen molar-refractivity contribution in [3.63, 3.8) is 0 Å². The summed E-state index contributed by atoms with van der Waals surface area (Å²) in [6, 6.07) is 9.75. The summed E-state index contributed by atoms with van der Waals surface area (Å²) in [7, 11) is 0. The number of ether oxygens (including phenoxy) is 1. The molecule has 0 aliphatic carbocycles. The molecule has 0 radical (unpaired) electrons. The monoisotopic (exact) mass is 484 g/mol. The Hall–Kier alpha value is -1.48. The number of carbonyl (C=O) groups excluding carboxylic acids is 2. The van der Waals surface area contributed by atoms with Gasteiger partial charge in [-0.2, -0.15) is 0 Å². The number of benzene rings is 1. The zero-order chi connectivity index (χ0) is 18.5. The van der Waals surface area contributed by atoms with E-state index in [1.807, 2.05) is 30.3 Å². The molecule has 26 heavy (non-hydrogen) atoms. The average molecular weight is 484 g/mol. The Labute approximate surface area is 171 Å². The van der Waals surface area contributed by atoms with Gasteiger partial charge in [0.05, 0.1) is 17.8 Å². The summed E-state index contributed by atoms with van der Waals surface area (Å²) >= 11 is 4.04. The third kappa shape index (κ3) is 4.25. The van der Waals surface area contributed by atoms with Crippen LogP contribution in [0.1, 0.15) is 5.56 Å². The highest BCUT2D eigenvalue weighted by Crippen LogP contribution is 2.40. The van der Waals surface area contributed by atoms with Crippen LogP contribution in [0.3, 0.4) is 0 Å². The molecule has 2 unspecified atom stereocenters. The summed E-state index contributed by atoms with van der Waals surface area (Å²) in [5.74, 6) is 0.505. The van der Waals surface area contributed by atoms with Crippen molar-refractivity contribution >= 4 is 46.2 Å². The number of amides is 1. The summed E-state index contributed by atoms with van der Waals surface area (Å²) in [6.45, 7) is 4.43. The van der Waals surface area contributed by atoms with Gasteiger partial charge < -0.3 is 15.0 Å². The number of esters is 1. The number of thioether (sulfide) groups is 1. The molecule has 1 N–H and O–H groups in total. The van der Waals surface area contributed by atoms with E-state index in [1.165, 1.54) is 0 Å². The largest absolute Gasteiger partial charge is 0.457 e. The Morgan fingerprint density at radius 1 is 1.38 bits per heavy atom. The lowest BCUT2D eigenvalue weighted by atomic mass is 10.0. The molecule has 1 fully saturated rings. The third-order valence-corrected chi connectivity index (χ3v) is 6.70. The minimum Gasteiger partial charge on any atom is -0.457 e. The molecule has 2 aliphatic rings. The number of fused-ring (bicyclic) bond motifs is 1. The van der Waals surface area contributed by atoms with Crippen molar-refractivity contribution < 1.29 is 14.3 Å². The highest BCUT2D eigenvalue weighted by Gasteiger charge is 2.46. The summed E-state index contributed by atoms with van der Waals surface area (Å²) < 4.78 is 6.04. The quantitative estimate of drug-likeness (QED) is 0.279. The second-order valence-electron chi connectivity index (χ2n) is 6.16. The molecule has 1 aromatic carbocycles. The molecule has 1 aromatic rings. The zero-order valence-electron chi connectivity index (χ0n) is 14.3. The van der Waals surface area contributed by atoms with Crippen LogP contribution in [-0.4, -0.2) is 51.5 Å². The van der Waals surface area contributed by atoms with Gasteiger partial charge in [-0.3, -0.25) is 4.79 Å². The topological polar surface area (TPSA) is 58.6 Å². The lowest BCUT2D eigenvalue weighted by molar-refractivity contribution is -0.140. The lowest BCUT2D eigenvalue weighted by Crippen LogP contribution is -2.66. The molecule has 0 saturated carbocycles. The Morgan fingerprint density at radius 2 is 2.15 bits per heavy atom. The molecule has 2 aliphatic heterocycles. The fourth-order valence-corrected chi connectivity index (χ4v) is 5.46. The molecular weight excluding hydrogens is 463 g/mol. The van der Waals surface area contributed by atoms with E-state index in [0.29, 0.717) is 18.7 Å². The van der Waals surface area contributed by atoms with Crippen molar-refractivity contribution in [2.24, 2.45) is 0 Å². The van der Waals surface area contributed by atoms with E-state index < -0.39 is 0 Å². The van der Waals surface area contributed by atoms with E-state index in [1.54, 1.807) is 17.8 Å². The number of rotatable bonds is 7. The highest BCUT2D eigenvalue weighted by atomic mass is 127. The summed E-state index contributed by atoms with van der Waals surface area (Å²) in [5.41, 5.74) is 2.76. The fourth-order valence-electron chi connectivity index (χ4n) is 3.09.